The number of aliphatic imine (C=N–C) groups is 1. The Morgan fingerprint density at radius 3 is 2.55 bits per heavy atom. The molecule has 8 heteroatoms. The van der Waals surface area contributed by atoms with Gasteiger partial charge in [-0.05, 0) is 37.3 Å². The number of hydrogen-bond acceptors (Lipinski definition) is 4. The molecule has 0 bridgehead atoms. The highest BCUT2D eigenvalue weighted by Crippen LogP contribution is 2.38. The van der Waals surface area contributed by atoms with E-state index in [1.165, 1.54) is 5.56 Å². The van der Waals surface area contributed by atoms with E-state index in [0.717, 1.165) is 82.6 Å². The van der Waals surface area contributed by atoms with Crippen molar-refractivity contribution in [2.45, 2.75) is 37.1 Å². The zero-order valence-corrected chi connectivity index (χ0v) is 19.2. The van der Waals surface area contributed by atoms with Crippen LogP contribution in [0.5, 0.6) is 0 Å². The number of ether oxygens (including phenoxy) is 1. The van der Waals surface area contributed by atoms with E-state index in [9.17, 15) is 4.79 Å². The third-order valence-electron chi connectivity index (χ3n) is 6.67. The second-order valence-electron chi connectivity index (χ2n) is 8.88. The first-order chi connectivity index (χ1) is 15.1. The smallest absolute Gasteiger partial charge is 0.234 e. The highest BCUT2D eigenvalue weighted by molar-refractivity contribution is 6.31. The number of nitrogens with zero attached hydrogens (tertiary/aromatic N) is 3. The quantitative estimate of drug-likeness (QED) is 0.514. The van der Waals surface area contributed by atoms with Crippen molar-refractivity contribution >= 4 is 23.5 Å². The Morgan fingerprint density at radius 2 is 1.90 bits per heavy atom. The molecule has 2 aliphatic heterocycles. The van der Waals surface area contributed by atoms with E-state index in [0.29, 0.717) is 12.6 Å². The van der Waals surface area contributed by atoms with Crippen molar-refractivity contribution < 1.29 is 9.53 Å². The van der Waals surface area contributed by atoms with Crippen molar-refractivity contribution in [3.8, 4) is 0 Å². The molecule has 3 aliphatic rings. The molecule has 2 N–H and O–H groups in total. The lowest BCUT2D eigenvalue weighted by atomic mass is 9.74. The van der Waals surface area contributed by atoms with Crippen molar-refractivity contribution in [3.05, 3.63) is 34.9 Å². The molecule has 1 saturated carbocycles. The van der Waals surface area contributed by atoms with Crippen LogP contribution in [-0.4, -0.2) is 87.2 Å². The molecule has 1 aromatic rings. The Kier molecular flexibility index (Phi) is 7.35. The lowest BCUT2D eigenvalue weighted by Gasteiger charge is -2.41. The fourth-order valence-corrected chi connectivity index (χ4v) is 4.93. The summed E-state index contributed by atoms with van der Waals surface area (Å²) in [6, 6.07) is 8.58. The number of nitrogens with one attached hydrogen (secondary N) is 2. The van der Waals surface area contributed by atoms with E-state index < -0.39 is 0 Å². The topological polar surface area (TPSA) is 69.2 Å². The third kappa shape index (κ3) is 5.70. The Labute approximate surface area is 190 Å². The average Bonchev–Trinajstić information content (AvgIpc) is 3.60. The minimum absolute atomic E-state index is 0.0603. The molecule has 0 atom stereocenters. The number of benzene rings is 1. The Hall–Kier alpha value is -1.83. The second-order valence-corrected chi connectivity index (χ2v) is 9.29. The van der Waals surface area contributed by atoms with Crippen LogP contribution < -0.4 is 10.6 Å². The normalized spacial score (nSPS) is 22.3. The maximum absolute atomic E-state index is 12.1. The molecule has 31 heavy (non-hydrogen) atoms. The number of halogens is 1. The molecule has 2 heterocycles. The van der Waals surface area contributed by atoms with E-state index in [2.05, 4.69) is 37.6 Å². The number of amides is 1. The molecule has 1 amide bonds. The summed E-state index contributed by atoms with van der Waals surface area (Å²) in [7, 11) is 1.84. The third-order valence-corrected chi connectivity index (χ3v) is 7.00. The van der Waals surface area contributed by atoms with Crippen LogP contribution in [0.1, 0.15) is 31.2 Å². The van der Waals surface area contributed by atoms with Crippen molar-refractivity contribution in [2.24, 2.45) is 4.99 Å². The lowest BCUT2D eigenvalue weighted by Crippen LogP contribution is -2.56. The zero-order valence-electron chi connectivity index (χ0n) is 18.4. The summed E-state index contributed by atoms with van der Waals surface area (Å²) in [5.41, 5.74) is 1.13. The highest BCUT2D eigenvalue weighted by atomic mass is 35.5. The van der Waals surface area contributed by atoms with Gasteiger partial charge in [0.2, 0.25) is 5.91 Å². The second kappa shape index (κ2) is 10.2. The van der Waals surface area contributed by atoms with Gasteiger partial charge in [0.05, 0.1) is 6.54 Å². The summed E-state index contributed by atoms with van der Waals surface area (Å²) in [6.07, 6.45) is 4.13. The molecule has 170 valence electrons. The number of carbonyl (C=O) groups is 1. The molecular weight excluding hydrogens is 414 g/mol. The molecule has 1 aromatic carbocycles. The van der Waals surface area contributed by atoms with E-state index in [1.54, 1.807) is 0 Å². The van der Waals surface area contributed by atoms with Crippen LogP contribution in [0.3, 0.4) is 0 Å². The summed E-state index contributed by atoms with van der Waals surface area (Å²) < 4.78 is 5.66. The largest absolute Gasteiger partial charge is 0.381 e. The standard InChI is InChI=1S/C23H34ClN5O2/c1-25-22(29-12-10-28(11-13-29)16-21(30)27-18-6-7-18)26-17-23(8-14-31-15-9-23)19-4-2-3-5-20(19)24/h2-5,18H,6-17H2,1H3,(H,25,26)(H,27,30). The van der Waals surface area contributed by atoms with Crippen molar-refractivity contribution in [2.75, 3.05) is 59.5 Å². The van der Waals surface area contributed by atoms with Gasteiger partial charge in [-0.25, -0.2) is 0 Å². The van der Waals surface area contributed by atoms with Crippen LogP contribution in [0.2, 0.25) is 5.02 Å². The number of guanidine groups is 1. The fourth-order valence-electron chi connectivity index (χ4n) is 4.60. The van der Waals surface area contributed by atoms with Crippen LogP contribution in [0.25, 0.3) is 0 Å². The molecule has 0 spiro atoms. The van der Waals surface area contributed by atoms with Gasteiger partial charge in [0.1, 0.15) is 0 Å². The van der Waals surface area contributed by atoms with Crippen molar-refractivity contribution in [1.82, 2.24) is 20.4 Å². The van der Waals surface area contributed by atoms with Crippen molar-refractivity contribution in [3.63, 3.8) is 0 Å². The molecular formula is C23H34ClN5O2. The Morgan fingerprint density at radius 1 is 1.19 bits per heavy atom. The molecule has 2 saturated heterocycles. The number of piperazine rings is 1. The predicted octanol–water partition coefficient (Wildman–Crippen LogP) is 1.86. The number of rotatable bonds is 6. The van der Waals surface area contributed by atoms with Gasteiger partial charge in [0, 0.05) is 69.5 Å². The first-order valence-corrected chi connectivity index (χ1v) is 11.8. The van der Waals surface area contributed by atoms with Gasteiger partial charge in [0.25, 0.3) is 0 Å². The Bertz CT molecular complexity index is 784. The van der Waals surface area contributed by atoms with Gasteiger partial charge in [-0.2, -0.15) is 0 Å². The summed E-state index contributed by atoms with van der Waals surface area (Å²) in [6.45, 7) is 6.20. The first kappa shape index (κ1) is 22.4. The van der Waals surface area contributed by atoms with Crippen LogP contribution in [0.15, 0.2) is 29.3 Å². The van der Waals surface area contributed by atoms with Gasteiger partial charge in [0.15, 0.2) is 5.96 Å². The summed E-state index contributed by atoms with van der Waals surface area (Å²) in [4.78, 5) is 21.1. The minimum atomic E-state index is -0.0603. The SMILES string of the molecule is CN=C(NCC1(c2ccccc2Cl)CCOCC1)N1CCN(CC(=O)NC2CC2)CC1. The number of hydrogen-bond donors (Lipinski definition) is 2. The van der Waals surface area contributed by atoms with Crippen LogP contribution >= 0.6 is 11.6 Å². The maximum Gasteiger partial charge on any atom is 0.234 e. The molecule has 3 fully saturated rings. The summed E-state index contributed by atoms with van der Waals surface area (Å²) in [5, 5.41) is 7.52. The fraction of sp³-hybridized carbons (Fsp3) is 0.652. The van der Waals surface area contributed by atoms with E-state index in [-0.39, 0.29) is 11.3 Å². The monoisotopic (exact) mass is 447 g/mol. The minimum Gasteiger partial charge on any atom is -0.381 e. The van der Waals surface area contributed by atoms with E-state index >= 15 is 0 Å². The van der Waals surface area contributed by atoms with Gasteiger partial charge in [-0.15, -0.1) is 0 Å². The molecule has 0 aromatic heterocycles. The molecule has 1 aliphatic carbocycles. The van der Waals surface area contributed by atoms with Gasteiger partial charge >= 0.3 is 0 Å². The summed E-state index contributed by atoms with van der Waals surface area (Å²) >= 11 is 6.59. The molecule has 0 unspecified atom stereocenters. The van der Waals surface area contributed by atoms with Crippen LogP contribution in [0.4, 0.5) is 0 Å². The molecule has 7 nitrogen and oxygen atoms in total. The maximum atomic E-state index is 12.1. The molecule has 0 radical (unpaired) electrons. The Balaban J connectivity index is 1.33. The van der Waals surface area contributed by atoms with Crippen molar-refractivity contribution in [1.29, 1.82) is 0 Å². The number of carbonyl (C=O) groups excluding carboxylic acids is 1. The van der Waals surface area contributed by atoms with Gasteiger partial charge < -0.3 is 20.3 Å². The van der Waals surface area contributed by atoms with E-state index in [1.807, 2.05) is 19.2 Å². The highest BCUT2D eigenvalue weighted by Gasteiger charge is 2.36. The lowest BCUT2D eigenvalue weighted by molar-refractivity contribution is -0.122. The van der Waals surface area contributed by atoms with Crippen LogP contribution in [0, 0.1) is 0 Å². The van der Waals surface area contributed by atoms with Gasteiger partial charge in [-0.1, -0.05) is 29.8 Å². The zero-order chi connectivity index (χ0) is 21.7. The predicted molar refractivity (Wildman–Crippen MR) is 124 cm³/mol. The van der Waals surface area contributed by atoms with Gasteiger partial charge in [-0.3, -0.25) is 14.7 Å². The van der Waals surface area contributed by atoms with E-state index in [4.69, 9.17) is 16.3 Å². The average molecular weight is 448 g/mol. The first-order valence-electron chi connectivity index (χ1n) is 11.4. The summed E-state index contributed by atoms with van der Waals surface area (Å²) in [5.74, 6) is 1.07. The molecule has 4 rings (SSSR count). The van der Waals surface area contributed by atoms with Crippen LogP contribution in [-0.2, 0) is 14.9 Å².